The van der Waals surface area contributed by atoms with Gasteiger partial charge in [0.2, 0.25) is 0 Å². The molecular formula is C19H27F2N3O. The lowest BCUT2D eigenvalue weighted by atomic mass is 10.1. The number of benzene rings is 1. The van der Waals surface area contributed by atoms with Gasteiger partial charge in [-0.25, -0.2) is 13.6 Å². The van der Waals surface area contributed by atoms with E-state index in [9.17, 15) is 13.6 Å². The molecule has 1 atom stereocenters. The standard InChI is InChI=1S/C19H27F2N3O/c20-19(21)8-12-24(13-9-19)18(25)22-10-6-17-7-11-23(15-17)14-16-4-2-1-3-5-16/h1-5,17H,6-15H2,(H,22,25)/t17-/m1/s1. The largest absolute Gasteiger partial charge is 0.338 e. The van der Waals surface area contributed by atoms with E-state index in [0.29, 0.717) is 12.5 Å². The van der Waals surface area contributed by atoms with Crippen LogP contribution in [0.3, 0.4) is 0 Å². The van der Waals surface area contributed by atoms with Crippen LogP contribution in [0, 0.1) is 5.92 Å². The normalized spacial score (nSPS) is 23.6. The summed E-state index contributed by atoms with van der Waals surface area (Å²) in [5.74, 6) is -2.02. The third kappa shape index (κ3) is 5.39. The second-order valence-corrected chi connectivity index (χ2v) is 7.24. The molecule has 1 N–H and O–H groups in total. The molecule has 0 aliphatic carbocycles. The summed E-state index contributed by atoms with van der Waals surface area (Å²) in [5.41, 5.74) is 1.33. The van der Waals surface area contributed by atoms with Crippen LogP contribution in [0.5, 0.6) is 0 Å². The van der Waals surface area contributed by atoms with E-state index in [1.807, 2.05) is 6.07 Å². The highest BCUT2D eigenvalue weighted by molar-refractivity contribution is 5.74. The van der Waals surface area contributed by atoms with E-state index in [2.05, 4.69) is 34.5 Å². The Labute approximate surface area is 148 Å². The van der Waals surface area contributed by atoms with Crippen LogP contribution in [0.4, 0.5) is 13.6 Å². The van der Waals surface area contributed by atoms with Crippen molar-refractivity contribution in [3.63, 3.8) is 0 Å². The molecule has 2 fully saturated rings. The van der Waals surface area contributed by atoms with Gasteiger partial charge in [-0.1, -0.05) is 30.3 Å². The van der Waals surface area contributed by atoms with Gasteiger partial charge in [-0.3, -0.25) is 4.90 Å². The number of likely N-dealkylation sites (tertiary alicyclic amines) is 2. The first-order chi connectivity index (χ1) is 12.0. The maximum atomic E-state index is 13.1. The lowest BCUT2D eigenvalue weighted by Crippen LogP contribution is -2.47. The number of hydrogen-bond donors (Lipinski definition) is 1. The van der Waals surface area contributed by atoms with Gasteiger partial charge < -0.3 is 10.2 Å². The van der Waals surface area contributed by atoms with Crippen LogP contribution >= 0.6 is 0 Å². The number of amides is 2. The van der Waals surface area contributed by atoms with Crippen LogP contribution in [-0.4, -0.2) is 54.5 Å². The van der Waals surface area contributed by atoms with Crippen LogP contribution in [0.25, 0.3) is 0 Å². The summed E-state index contributed by atoms with van der Waals surface area (Å²) < 4.78 is 26.3. The number of rotatable bonds is 5. The average Bonchev–Trinajstić information content (AvgIpc) is 3.03. The number of carbonyl (C=O) groups excluding carboxylic acids is 1. The molecule has 4 nitrogen and oxygen atoms in total. The summed E-state index contributed by atoms with van der Waals surface area (Å²) >= 11 is 0. The minimum atomic E-state index is -2.61. The Kier molecular flexibility index (Phi) is 5.89. The smallest absolute Gasteiger partial charge is 0.317 e. The SMILES string of the molecule is O=C(NCC[C@@H]1CCN(Cc2ccccc2)C1)N1CCC(F)(F)CC1. The molecule has 0 unspecified atom stereocenters. The second-order valence-electron chi connectivity index (χ2n) is 7.24. The predicted molar refractivity (Wildman–Crippen MR) is 93.6 cm³/mol. The van der Waals surface area contributed by atoms with E-state index < -0.39 is 5.92 Å². The van der Waals surface area contributed by atoms with Crippen molar-refractivity contribution in [1.82, 2.24) is 15.1 Å². The summed E-state index contributed by atoms with van der Waals surface area (Å²) in [6, 6.07) is 10.3. The third-order valence-electron chi connectivity index (χ3n) is 5.23. The highest BCUT2D eigenvalue weighted by Gasteiger charge is 2.35. The first-order valence-corrected chi connectivity index (χ1v) is 9.19. The van der Waals surface area contributed by atoms with Crippen molar-refractivity contribution in [2.45, 2.75) is 38.2 Å². The number of nitrogens with zero attached hydrogens (tertiary/aromatic N) is 2. The Morgan fingerprint density at radius 3 is 2.60 bits per heavy atom. The molecule has 0 saturated carbocycles. The second kappa shape index (κ2) is 8.13. The molecule has 1 aromatic carbocycles. The molecule has 2 amide bonds. The van der Waals surface area contributed by atoms with Gasteiger partial charge in [0.15, 0.2) is 0 Å². The van der Waals surface area contributed by atoms with Crippen molar-refractivity contribution in [2.24, 2.45) is 5.92 Å². The zero-order valence-corrected chi connectivity index (χ0v) is 14.6. The third-order valence-corrected chi connectivity index (χ3v) is 5.23. The number of urea groups is 1. The van der Waals surface area contributed by atoms with Crippen molar-refractivity contribution in [3.8, 4) is 0 Å². The average molecular weight is 351 g/mol. The highest BCUT2D eigenvalue weighted by atomic mass is 19.3. The van der Waals surface area contributed by atoms with Gasteiger partial charge in [0.05, 0.1) is 0 Å². The zero-order chi connectivity index (χ0) is 17.7. The van der Waals surface area contributed by atoms with E-state index in [4.69, 9.17) is 0 Å². The number of hydrogen-bond acceptors (Lipinski definition) is 2. The van der Waals surface area contributed by atoms with Gasteiger partial charge >= 0.3 is 6.03 Å². The lowest BCUT2D eigenvalue weighted by Gasteiger charge is -2.31. The Morgan fingerprint density at radius 1 is 1.16 bits per heavy atom. The molecule has 0 bridgehead atoms. The van der Waals surface area contributed by atoms with Crippen molar-refractivity contribution in [2.75, 3.05) is 32.7 Å². The van der Waals surface area contributed by atoms with Crippen molar-refractivity contribution in [1.29, 1.82) is 0 Å². The molecule has 25 heavy (non-hydrogen) atoms. The molecule has 2 aliphatic heterocycles. The number of halogens is 2. The maximum absolute atomic E-state index is 13.1. The Hall–Kier alpha value is -1.69. The molecule has 3 rings (SSSR count). The topological polar surface area (TPSA) is 35.6 Å². The molecule has 2 saturated heterocycles. The monoisotopic (exact) mass is 351 g/mol. The molecule has 0 radical (unpaired) electrons. The van der Waals surface area contributed by atoms with Gasteiger partial charge in [0.25, 0.3) is 5.92 Å². The minimum Gasteiger partial charge on any atom is -0.338 e. The van der Waals surface area contributed by atoms with Gasteiger partial charge in [-0.05, 0) is 30.9 Å². The van der Waals surface area contributed by atoms with Crippen molar-refractivity contribution in [3.05, 3.63) is 35.9 Å². The van der Waals surface area contributed by atoms with Crippen LogP contribution < -0.4 is 5.32 Å². The minimum absolute atomic E-state index is 0.146. The molecule has 1 aromatic rings. The molecule has 0 aromatic heterocycles. The molecular weight excluding hydrogens is 324 g/mol. The lowest BCUT2D eigenvalue weighted by molar-refractivity contribution is -0.0469. The van der Waals surface area contributed by atoms with Crippen LogP contribution in [0.2, 0.25) is 0 Å². The van der Waals surface area contributed by atoms with Crippen LogP contribution in [-0.2, 0) is 6.54 Å². The summed E-state index contributed by atoms with van der Waals surface area (Å²) in [6.07, 6.45) is 1.65. The van der Waals surface area contributed by atoms with E-state index >= 15 is 0 Å². The van der Waals surface area contributed by atoms with E-state index in [1.165, 1.54) is 10.5 Å². The Balaban J connectivity index is 1.32. The van der Waals surface area contributed by atoms with Crippen LogP contribution in [0.15, 0.2) is 30.3 Å². The summed E-state index contributed by atoms with van der Waals surface area (Å²) in [5, 5.41) is 2.89. The quantitative estimate of drug-likeness (QED) is 0.883. The highest BCUT2D eigenvalue weighted by Crippen LogP contribution is 2.27. The fraction of sp³-hybridized carbons (Fsp3) is 0.632. The van der Waals surface area contributed by atoms with Gasteiger partial charge in [-0.2, -0.15) is 0 Å². The van der Waals surface area contributed by atoms with E-state index in [1.54, 1.807) is 0 Å². The number of nitrogens with one attached hydrogen (secondary N) is 1. The first-order valence-electron chi connectivity index (χ1n) is 9.19. The number of piperidine rings is 1. The predicted octanol–water partition coefficient (Wildman–Crippen LogP) is 3.34. The zero-order valence-electron chi connectivity index (χ0n) is 14.6. The van der Waals surface area contributed by atoms with E-state index in [0.717, 1.165) is 32.5 Å². The van der Waals surface area contributed by atoms with Crippen molar-refractivity contribution >= 4 is 6.03 Å². The molecule has 2 aliphatic rings. The van der Waals surface area contributed by atoms with Crippen molar-refractivity contribution < 1.29 is 13.6 Å². The van der Waals surface area contributed by atoms with Gasteiger partial charge in [-0.15, -0.1) is 0 Å². The number of alkyl halides is 2. The molecule has 2 heterocycles. The maximum Gasteiger partial charge on any atom is 0.317 e. The fourth-order valence-electron chi connectivity index (χ4n) is 3.67. The van der Waals surface area contributed by atoms with Crippen LogP contribution in [0.1, 0.15) is 31.2 Å². The fourth-order valence-corrected chi connectivity index (χ4v) is 3.67. The summed E-state index contributed by atoms with van der Waals surface area (Å²) in [6.45, 7) is 4.04. The molecule has 0 spiro atoms. The Bertz CT molecular complexity index is 557. The summed E-state index contributed by atoms with van der Waals surface area (Å²) in [4.78, 5) is 16.0. The number of carbonyl (C=O) groups is 1. The molecule has 138 valence electrons. The van der Waals surface area contributed by atoms with Gasteiger partial charge in [0, 0.05) is 45.6 Å². The summed E-state index contributed by atoms with van der Waals surface area (Å²) in [7, 11) is 0. The first kappa shape index (κ1) is 18.1. The Morgan fingerprint density at radius 2 is 1.88 bits per heavy atom. The van der Waals surface area contributed by atoms with Gasteiger partial charge in [0.1, 0.15) is 0 Å². The van der Waals surface area contributed by atoms with E-state index in [-0.39, 0.29) is 32.0 Å². The molecule has 6 heteroatoms.